The minimum Gasteiger partial charge on any atom is -0.480 e. The van der Waals surface area contributed by atoms with Crippen molar-refractivity contribution in [3.8, 4) is 0 Å². The van der Waals surface area contributed by atoms with Gasteiger partial charge in [0.2, 0.25) is 6.41 Å². The highest BCUT2D eigenvalue weighted by molar-refractivity contribution is 5.77. The van der Waals surface area contributed by atoms with Crippen LogP contribution in [-0.4, -0.2) is 65.8 Å². The highest BCUT2D eigenvalue weighted by Gasteiger charge is 2.34. The van der Waals surface area contributed by atoms with Crippen molar-refractivity contribution >= 4 is 18.3 Å². The molecule has 1 amide bonds. The molecule has 0 aromatic heterocycles. The van der Waals surface area contributed by atoms with Crippen molar-refractivity contribution in [3.63, 3.8) is 0 Å². The number of alkyl halides is 3. The standard InChI is InChI=1S/C12H19F3N2O5/c1-11(2,3)22-9(19)5-17(6-12(13,14)15)4-8(10(20)21)16-7-18/h7-8H,4-6H2,1-3H3,(H,16,18)(H,20,21). The number of nitrogens with one attached hydrogen (secondary N) is 1. The average Bonchev–Trinajstić information content (AvgIpc) is 2.22. The fourth-order valence-corrected chi connectivity index (χ4v) is 1.54. The van der Waals surface area contributed by atoms with Crippen LogP contribution in [0.25, 0.3) is 0 Å². The largest absolute Gasteiger partial charge is 0.480 e. The number of esters is 1. The zero-order chi connectivity index (χ0) is 17.6. The zero-order valence-corrected chi connectivity index (χ0v) is 12.4. The number of carboxylic acid groups (broad SMARTS) is 1. The summed E-state index contributed by atoms with van der Waals surface area (Å²) in [7, 11) is 0. The summed E-state index contributed by atoms with van der Waals surface area (Å²) in [6.45, 7) is 1.71. The maximum atomic E-state index is 12.5. The Morgan fingerprint density at radius 3 is 2.23 bits per heavy atom. The Morgan fingerprint density at radius 1 is 1.32 bits per heavy atom. The molecule has 22 heavy (non-hydrogen) atoms. The van der Waals surface area contributed by atoms with E-state index in [0.717, 1.165) is 0 Å². The van der Waals surface area contributed by atoms with Crippen LogP contribution in [-0.2, 0) is 19.1 Å². The average molecular weight is 328 g/mol. The van der Waals surface area contributed by atoms with E-state index in [1.54, 1.807) is 20.8 Å². The molecule has 0 aromatic carbocycles. The monoisotopic (exact) mass is 328 g/mol. The highest BCUT2D eigenvalue weighted by atomic mass is 19.4. The predicted molar refractivity (Wildman–Crippen MR) is 69.0 cm³/mol. The van der Waals surface area contributed by atoms with Gasteiger partial charge < -0.3 is 15.2 Å². The molecule has 0 aliphatic heterocycles. The summed E-state index contributed by atoms with van der Waals surface area (Å²) in [5.74, 6) is -2.43. The van der Waals surface area contributed by atoms with Crippen molar-refractivity contribution in [2.24, 2.45) is 0 Å². The first-order valence-corrected chi connectivity index (χ1v) is 6.27. The first kappa shape index (κ1) is 20.2. The van der Waals surface area contributed by atoms with Gasteiger partial charge in [-0.15, -0.1) is 0 Å². The van der Waals surface area contributed by atoms with E-state index >= 15 is 0 Å². The minimum absolute atomic E-state index is 0.0675. The molecule has 1 unspecified atom stereocenters. The van der Waals surface area contributed by atoms with Gasteiger partial charge in [-0.25, -0.2) is 4.79 Å². The van der Waals surface area contributed by atoms with Gasteiger partial charge in [0.15, 0.2) is 0 Å². The Morgan fingerprint density at radius 2 is 1.86 bits per heavy atom. The number of nitrogens with zero attached hydrogens (tertiary/aromatic N) is 1. The van der Waals surface area contributed by atoms with Gasteiger partial charge in [-0.2, -0.15) is 13.2 Å². The lowest BCUT2D eigenvalue weighted by molar-refractivity contribution is -0.166. The van der Waals surface area contributed by atoms with Crippen LogP contribution in [0.2, 0.25) is 0 Å². The number of rotatable bonds is 8. The predicted octanol–water partition coefficient (Wildman–Crippen LogP) is 0.392. The van der Waals surface area contributed by atoms with Crippen LogP contribution < -0.4 is 5.32 Å². The molecule has 0 aliphatic carbocycles. The molecule has 0 bridgehead atoms. The molecule has 10 heteroatoms. The van der Waals surface area contributed by atoms with Crippen LogP contribution in [0.3, 0.4) is 0 Å². The Balaban J connectivity index is 4.92. The Labute approximate surface area is 125 Å². The van der Waals surface area contributed by atoms with Crippen LogP contribution in [0.4, 0.5) is 13.2 Å². The topological polar surface area (TPSA) is 95.9 Å². The molecule has 0 rings (SSSR count). The van der Waals surface area contributed by atoms with Gasteiger partial charge in [0.25, 0.3) is 0 Å². The van der Waals surface area contributed by atoms with E-state index in [-0.39, 0.29) is 6.41 Å². The summed E-state index contributed by atoms with van der Waals surface area (Å²) < 4.78 is 42.4. The van der Waals surface area contributed by atoms with E-state index in [2.05, 4.69) is 0 Å². The molecule has 7 nitrogen and oxygen atoms in total. The number of hydrogen-bond acceptors (Lipinski definition) is 5. The van der Waals surface area contributed by atoms with E-state index in [9.17, 15) is 27.6 Å². The maximum Gasteiger partial charge on any atom is 0.401 e. The van der Waals surface area contributed by atoms with Gasteiger partial charge in [0, 0.05) is 6.54 Å². The molecule has 0 saturated heterocycles. The molecule has 0 heterocycles. The summed E-state index contributed by atoms with van der Waals surface area (Å²) in [6.07, 6.45) is -4.57. The first-order chi connectivity index (χ1) is 9.84. The summed E-state index contributed by atoms with van der Waals surface area (Å²) in [4.78, 5) is 33.3. The van der Waals surface area contributed by atoms with E-state index in [1.807, 2.05) is 5.32 Å². The quantitative estimate of drug-likeness (QED) is 0.494. The normalized spacial score (nSPS) is 13.6. The van der Waals surface area contributed by atoms with Crippen LogP contribution >= 0.6 is 0 Å². The molecular weight excluding hydrogens is 309 g/mol. The summed E-state index contributed by atoms with van der Waals surface area (Å²) in [6, 6.07) is -1.57. The van der Waals surface area contributed by atoms with Crippen molar-refractivity contribution in [1.82, 2.24) is 10.2 Å². The number of aliphatic carboxylic acids is 1. The number of amides is 1. The molecule has 128 valence electrons. The van der Waals surface area contributed by atoms with Gasteiger partial charge in [-0.05, 0) is 20.8 Å². The van der Waals surface area contributed by atoms with Crippen LogP contribution in [0.1, 0.15) is 20.8 Å². The summed E-state index contributed by atoms with van der Waals surface area (Å²) in [5, 5.41) is 10.7. The summed E-state index contributed by atoms with van der Waals surface area (Å²) in [5.41, 5.74) is -0.881. The van der Waals surface area contributed by atoms with Crippen molar-refractivity contribution in [1.29, 1.82) is 0 Å². The van der Waals surface area contributed by atoms with E-state index in [4.69, 9.17) is 9.84 Å². The van der Waals surface area contributed by atoms with Crippen molar-refractivity contribution in [2.75, 3.05) is 19.6 Å². The van der Waals surface area contributed by atoms with E-state index < -0.39 is 49.4 Å². The fraction of sp³-hybridized carbons (Fsp3) is 0.750. The lowest BCUT2D eigenvalue weighted by Crippen LogP contribution is -2.50. The second kappa shape index (κ2) is 7.97. The molecule has 0 aromatic rings. The molecule has 2 N–H and O–H groups in total. The van der Waals surface area contributed by atoms with Crippen molar-refractivity contribution in [2.45, 2.75) is 38.6 Å². The maximum absolute atomic E-state index is 12.5. The number of ether oxygens (including phenoxy) is 1. The number of carbonyl (C=O) groups is 3. The van der Waals surface area contributed by atoms with Gasteiger partial charge in [0.1, 0.15) is 11.6 Å². The fourth-order valence-electron chi connectivity index (χ4n) is 1.54. The number of carbonyl (C=O) groups excluding carboxylic acids is 2. The lowest BCUT2D eigenvalue weighted by atomic mass is 10.2. The van der Waals surface area contributed by atoms with E-state index in [0.29, 0.717) is 4.90 Å². The lowest BCUT2D eigenvalue weighted by Gasteiger charge is -2.27. The van der Waals surface area contributed by atoms with E-state index in [1.165, 1.54) is 0 Å². The molecule has 0 aliphatic rings. The van der Waals surface area contributed by atoms with Crippen molar-refractivity contribution in [3.05, 3.63) is 0 Å². The molecule has 1 atom stereocenters. The smallest absolute Gasteiger partial charge is 0.401 e. The Hall–Kier alpha value is -1.84. The van der Waals surface area contributed by atoms with Gasteiger partial charge in [-0.1, -0.05) is 0 Å². The van der Waals surface area contributed by atoms with Gasteiger partial charge >= 0.3 is 18.1 Å². The molecule has 0 spiro atoms. The molecule has 0 fully saturated rings. The Bertz CT molecular complexity index is 407. The first-order valence-electron chi connectivity index (χ1n) is 6.27. The molecular formula is C12H19F3N2O5. The van der Waals surface area contributed by atoms with Crippen LogP contribution in [0, 0.1) is 0 Å². The third kappa shape index (κ3) is 9.97. The Kier molecular flexibility index (Phi) is 7.30. The highest BCUT2D eigenvalue weighted by Crippen LogP contribution is 2.17. The second-order valence-electron chi connectivity index (χ2n) is 5.55. The van der Waals surface area contributed by atoms with Crippen LogP contribution in [0.5, 0.6) is 0 Å². The summed E-state index contributed by atoms with van der Waals surface area (Å²) >= 11 is 0. The molecule has 0 saturated carbocycles. The SMILES string of the molecule is CC(C)(C)OC(=O)CN(CC(NC=O)C(=O)O)CC(F)(F)F. The van der Waals surface area contributed by atoms with Crippen molar-refractivity contribution < 1.29 is 37.4 Å². The third-order valence-electron chi connectivity index (χ3n) is 2.18. The van der Waals surface area contributed by atoms with Crippen LogP contribution in [0.15, 0.2) is 0 Å². The number of halogens is 3. The number of carboxylic acids is 1. The number of hydrogen-bond donors (Lipinski definition) is 2. The van der Waals surface area contributed by atoms with Gasteiger partial charge in [0.05, 0.1) is 13.1 Å². The minimum atomic E-state index is -4.63. The zero-order valence-electron chi connectivity index (χ0n) is 12.4. The second-order valence-corrected chi connectivity index (χ2v) is 5.55. The van der Waals surface area contributed by atoms with Gasteiger partial charge in [-0.3, -0.25) is 14.5 Å². The third-order valence-corrected chi connectivity index (χ3v) is 2.18. The molecule has 0 radical (unpaired) electrons.